The molecule has 0 spiro atoms. The number of amides is 1. The zero-order valence-electron chi connectivity index (χ0n) is 19.0. The Balaban J connectivity index is 1.51. The fourth-order valence-electron chi connectivity index (χ4n) is 4.61. The van der Waals surface area contributed by atoms with Crippen LogP contribution in [0.3, 0.4) is 0 Å². The van der Waals surface area contributed by atoms with Crippen molar-refractivity contribution in [3.8, 4) is 11.3 Å². The van der Waals surface area contributed by atoms with Gasteiger partial charge in [-0.15, -0.1) is 0 Å². The van der Waals surface area contributed by atoms with E-state index in [0.29, 0.717) is 18.2 Å². The van der Waals surface area contributed by atoms with Crippen molar-refractivity contribution in [1.82, 2.24) is 9.97 Å². The monoisotopic (exact) mass is 478 g/mol. The first-order valence-electron chi connectivity index (χ1n) is 11.2. The topological polar surface area (TPSA) is 123 Å². The first kappa shape index (κ1) is 22.7. The Kier molecular flexibility index (Phi) is 5.81. The normalized spacial score (nSPS) is 18.1. The van der Waals surface area contributed by atoms with Gasteiger partial charge in [-0.3, -0.25) is 9.78 Å². The van der Waals surface area contributed by atoms with Crippen LogP contribution in [0.4, 0.5) is 26.0 Å². The number of rotatable bonds is 4. The highest BCUT2D eigenvalue weighted by atomic mass is 19.2. The number of nitrogens with zero attached hydrogens (tertiary/aromatic N) is 3. The summed E-state index contributed by atoms with van der Waals surface area (Å²) in [6, 6.07) is 8.64. The van der Waals surface area contributed by atoms with Gasteiger partial charge in [0.25, 0.3) is 5.91 Å². The van der Waals surface area contributed by atoms with E-state index in [0.717, 1.165) is 24.7 Å². The van der Waals surface area contributed by atoms with Crippen LogP contribution in [-0.2, 0) is 0 Å². The second kappa shape index (κ2) is 8.95. The van der Waals surface area contributed by atoms with Gasteiger partial charge in [0, 0.05) is 30.9 Å². The summed E-state index contributed by atoms with van der Waals surface area (Å²) in [5.74, 6) is -2.33. The molecule has 4 heterocycles. The van der Waals surface area contributed by atoms with Gasteiger partial charge in [-0.2, -0.15) is 0 Å². The molecule has 2 atom stereocenters. The van der Waals surface area contributed by atoms with Gasteiger partial charge < -0.3 is 26.1 Å². The van der Waals surface area contributed by atoms with E-state index in [1.165, 1.54) is 24.3 Å². The zero-order valence-corrected chi connectivity index (χ0v) is 19.0. The van der Waals surface area contributed by atoms with Crippen molar-refractivity contribution in [3.05, 3.63) is 66.0 Å². The van der Waals surface area contributed by atoms with Crippen LogP contribution in [0.15, 0.2) is 53.2 Å². The lowest BCUT2D eigenvalue weighted by Crippen LogP contribution is -2.46. The minimum Gasteiger partial charge on any atom is -0.438 e. The van der Waals surface area contributed by atoms with Crippen molar-refractivity contribution in [2.24, 2.45) is 11.7 Å². The summed E-state index contributed by atoms with van der Waals surface area (Å²) in [7, 11) is 0. The minimum atomic E-state index is -1.03. The molecule has 2 unspecified atom stereocenters. The van der Waals surface area contributed by atoms with Crippen molar-refractivity contribution < 1.29 is 18.0 Å². The number of aromatic nitrogens is 2. The van der Waals surface area contributed by atoms with E-state index in [4.69, 9.17) is 15.9 Å². The minimum absolute atomic E-state index is 0.00261. The van der Waals surface area contributed by atoms with Gasteiger partial charge >= 0.3 is 0 Å². The average molecular weight is 479 g/mol. The number of fused-ring (bicyclic) bond motifs is 1. The number of hydrogen-bond donors (Lipinski definition) is 3. The summed E-state index contributed by atoms with van der Waals surface area (Å²) >= 11 is 0. The molecule has 8 nitrogen and oxygen atoms in total. The number of carbonyl (C=O) groups excluding carboxylic acids is 1. The molecule has 0 radical (unpaired) electrons. The molecule has 180 valence electrons. The molecule has 35 heavy (non-hydrogen) atoms. The number of pyridine rings is 2. The molecule has 10 heteroatoms. The molecule has 1 fully saturated rings. The van der Waals surface area contributed by atoms with Crippen molar-refractivity contribution in [2.75, 3.05) is 29.0 Å². The Morgan fingerprint density at radius 3 is 2.83 bits per heavy atom. The molecule has 1 amide bonds. The van der Waals surface area contributed by atoms with Crippen molar-refractivity contribution >= 4 is 34.3 Å². The molecular weight excluding hydrogens is 454 g/mol. The molecule has 0 aliphatic carbocycles. The molecule has 1 aliphatic rings. The molecule has 1 aliphatic heterocycles. The Labute approximate surface area is 199 Å². The first-order chi connectivity index (χ1) is 16.8. The number of benzene rings is 1. The third-order valence-corrected chi connectivity index (χ3v) is 6.09. The lowest BCUT2D eigenvalue weighted by atomic mass is 9.96. The number of nitrogens with two attached hydrogens (primary N) is 2. The Bertz CT molecular complexity index is 1410. The van der Waals surface area contributed by atoms with E-state index in [1.54, 1.807) is 12.4 Å². The Hall–Kier alpha value is -4.05. The van der Waals surface area contributed by atoms with E-state index in [-0.39, 0.29) is 39.8 Å². The Morgan fingerprint density at radius 2 is 2.03 bits per heavy atom. The molecule has 5 rings (SSSR count). The molecule has 3 aromatic heterocycles. The van der Waals surface area contributed by atoms with E-state index >= 15 is 0 Å². The fraction of sp³-hybridized carbons (Fsp3) is 0.240. The standard InChI is InChI=1S/C25H24F2N6O2/c1-13-9-14(28)12-33(11-13)19-7-8-30-10-18(19)32-25(34)21-23-20(35-24(21)29)6-5-17(31-23)15-3-2-4-16(26)22(15)27/h2-8,10,13-14H,9,11-12,28-29H2,1H3,(H,32,34). The van der Waals surface area contributed by atoms with Gasteiger partial charge in [-0.1, -0.05) is 13.0 Å². The maximum Gasteiger partial charge on any atom is 0.263 e. The average Bonchev–Trinajstić information content (AvgIpc) is 3.15. The second-order valence-corrected chi connectivity index (χ2v) is 8.84. The van der Waals surface area contributed by atoms with Crippen LogP contribution in [0.1, 0.15) is 23.7 Å². The highest BCUT2D eigenvalue weighted by Gasteiger charge is 2.26. The first-order valence-corrected chi connectivity index (χ1v) is 11.2. The van der Waals surface area contributed by atoms with Crippen molar-refractivity contribution in [2.45, 2.75) is 19.4 Å². The van der Waals surface area contributed by atoms with Crippen LogP contribution < -0.4 is 21.7 Å². The van der Waals surface area contributed by atoms with Gasteiger partial charge in [0.15, 0.2) is 17.2 Å². The Morgan fingerprint density at radius 1 is 1.20 bits per heavy atom. The summed E-state index contributed by atoms with van der Waals surface area (Å²) in [4.78, 5) is 24.0. The SMILES string of the molecule is CC1CC(N)CN(c2ccncc2NC(=O)c2c(N)oc3ccc(-c4cccc(F)c4F)nc23)C1. The third-order valence-electron chi connectivity index (χ3n) is 6.09. The summed E-state index contributed by atoms with van der Waals surface area (Å²) in [6.45, 7) is 3.58. The number of halogens is 2. The maximum atomic E-state index is 14.4. The number of nitrogens with one attached hydrogen (secondary N) is 1. The van der Waals surface area contributed by atoms with Crippen LogP contribution in [0.25, 0.3) is 22.4 Å². The molecular formula is C25H24F2N6O2. The summed E-state index contributed by atoms with van der Waals surface area (Å²) in [6.07, 6.45) is 4.14. The van der Waals surface area contributed by atoms with Gasteiger partial charge in [0.2, 0.25) is 5.88 Å². The molecule has 1 aromatic carbocycles. The smallest absolute Gasteiger partial charge is 0.263 e. The van der Waals surface area contributed by atoms with E-state index < -0.39 is 17.5 Å². The van der Waals surface area contributed by atoms with Crippen LogP contribution in [0.5, 0.6) is 0 Å². The quantitative estimate of drug-likeness (QED) is 0.402. The fourth-order valence-corrected chi connectivity index (χ4v) is 4.61. The molecule has 4 aromatic rings. The zero-order chi connectivity index (χ0) is 24.7. The number of furan rings is 1. The van der Waals surface area contributed by atoms with Gasteiger partial charge in [0.1, 0.15) is 11.1 Å². The van der Waals surface area contributed by atoms with Gasteiger partial charge in [0.05, 0.1) is 23.3 Å². The lowest BCUT2D eigenvalue weighted by Gasteiger charge is -2.37. The highest BCUT2D eigenvalue weighted by Crippen LogP contribution is 2.33. The van der Waals surface area contributed by atoms with Crippen molar-refractivity contribution in [1.29, 1.82) is 0 Å². The largest absolute Gasteiger partial charge is 0.438 e. The summed E-state index contributed by atoms with van der Waals surface area (Å²) in [5, 5.41) is 2.85. The summed E-state index contributed by atoms with van der Waals surface area (Å²) in [5.41, 5.74) is 14.0. The van der Waals surface area contributed by atoms with E-state index in [2.05, 4.69) is 27.1 Å². The lowest BCUT2D eigenvalue weighted by molar-refractivity contribution is 0.102. The number of anilines is 3. The van der Waals surface area contributed by atoms with E-state index in [9.17, 15) is 13.6 Å². The van der Waals surface area contributed by atoms with E-state index in [1.807, 2.05) is 6.07 Å². The summed E-state index contributed by atoms with van der Waals surface area (Å²) < 4.78 is 33.6. The number of nitrogen functional groups attached to an aromatic ring is 1. The molecule has 0 bridgehead atoms. The predicted octanol–water partition coefficient (Wildman–Crippen LogP) is 4.18. The van der Waals surface area contributed by atoms with Crippen LogP contribution >= 0.6 is 0 Å². The predicted molar refractivity (Wildman–Crippen MR) is 130 cm³/mol. The third kappa shape index (κ3) is 4.28. The number of hydrogen-bond acceptors (Lipinski definition) is 7. The second-order valence-electron chi connectivity index (χ2n) is 8.84. The van der Waals surface area contributed by atoms with Crippen molar-refractivity contribution in [3.63, 3.8) is 0 Å². The van der Waals surface area contributed by atoms with Gasteiger partial charge in [-0.25, -0.2) is 13.8 Å². The maximum absolute atomic E-state index is 14.4. The van der Waals surface area contributed by atoms with Crippen LogP contribution in [-0.4, -0.2) is 35.0 Å². The molecule has 5 N–H and O–H groups in total. The highest BCUT2D eigenvalue weighted by molar-refractivity contribution is 6.15. The molecule has 0 saturated carbocycles. The van der Waals surface area contributed by atoms with Crippen LogP contribution in [0.2, 0.25) is 0 Å². The number of piperidine rings is 1. The number of carbonyl (C=O) groups is 1. The van der Waals surface area contributed by atoms with Gasteiger partial charge in [-0.05, 0) is 42.7 Å². The molecule has 1 saturated heterocycles. The van der Waals surface area contributed by atoms with Crippen LogP contribution in [0, 0.1) is 17.6 Å².